The molecule has 1 unspecified atom stereocenters. The van der Waals surface area contributed by atoms with Crippen molar-refractivity contribution in [2.75, 3.05) is 13.2 Å². The van der Waals surface area contributed by atoms with E-state index in [0.717, 1.165) is 96.3 Å². The summed E-state index contributed by atoms with van der Waals surface area (Å²) in [4.78, 5) is 38.2. The van der Waals surface area contributed by atoms with Gasteiger partial charge in [0.15, 0.2) is 6.10 Å². The van der Waals surface area contributed by atoms with Gasteiger partial charge in [-0.25, -0.2) is 0 Å². The van der Waals surface area contributed by atoms with Crippen LogP contribution >= 0.6 is 0 Å². The monoisotopic (exact) mass is 979 g/mol. The van der Waals surface area contributed by atoms with Crippen LogP contribution in [0.5, 0.6) is 0 Å². The number of hydrogen-bond acceptors (Lipinski definition) is 6. The van der Waals surface area contributed by atoms with E-state index >= 15 is 0 Å². The molecule has 0 rings (SSSR count). The summed E-state index contributed by atoms with van der Waals surface area (Å²) in [6.45, 7) is 6.62. The first-order chi connectivity index (χ1) is 34.5. The average Bonchev–Trinajstić information content (AvgIpc) is 3.36. The maximum atomic E-state index is 12.9. The summed E-state index contributed by atoms with van der Waals surface area (Å²) in [5.41, 5.74) is 0. The Bertz CT molecular complexity index is 1260. The van der Waals surface area contributed by atoms with E-state index in [1.807, 2.05) is 0 Å². The molecule has 0 fully saturated rings. The Labute approximate surface area is 434 Å². The molecule has 6 nitrogen and oxygen atoms in total. The lowest BCUT2D eigenvalue weighted by Gasteiger charge is -2.18. The van der Waals surface area contributed by atoms with Gasteiger partial charge in [-0.1, -0.05) is 242 Å². The number of carbonyl (C=O) groups excluding carboxylic acids is 3. The third-order valence-electron chi connectivity index (χ3n) is 13.2. The highest BCUT2D eigenvalue weighted by Crippen LogP contribution is 2.15. The number of unbranched alkanes of at least 4 members (excludes halogenated alkanes) is 34. The Morgan fingerprint density at radius 3 is 0.814 bits per heavy atom. The fourth-order valence-electron chi connectivity index (χ4n) is 8.62. The second kappa shape index (κ2) is 58.7. The highest BCUT2D eigenvalue weighted by molar-refractivity contribution is 5.71. The molecule has 0 radical (unpaired) electrons. The van der Waals surface area contributed by atoms with E-state index in [4.69, 9.17) is 14.2 Å². The van der Waals surface area contributed by atoms with E-state index in [0.29, 0.717) is 19.3 Å². The Balaban J connectivity index is 4.40. The van der Waals surface area contributed by atoms with Crippen molar-refractivity contribution < 1.29 is 28.6 Å². The lowest BCUT2D eigenvalue weighted by Crippen LogP contribution is -2.30. The molecule has 0 aromatic rings. The maximum Gasteiger partial charge on any atom is 0.306 e. The minimum atomic E-state index is -0.788. The number of carbonyl (C=O) groups is 3. The van der Waals surface area contributed by atoms with Gasteiger partial charge in [0.1, 0.15) is 13.2 Å². The fraction of sp³-hybridized carbons (Fsp3) is 0.797. The lowest BCUT2D eigenvalue weighted by atomic mass is 10.1. The van der Waals surface area contributed by atoms with Gasteiger partial charge in [0, 0.05) is 19.3 Å². The van der Waals surface area contributed by atoms with Crippen LogP contribution in [-0.2, 0) is 28.6 Å². The minimum Gasteiger partial charge on any atom is -0.462 e. The van der Waals surface area contributed by atoms with Gasteiger partial charge in [-0.3, -0.25) is 14.4 Å². The van der Waals surface area contributed by atoms with Crippen molar-refractivity contribution >= 4 is 17.9 Å². The average molecular weight is 980 g/mol. The molecular formula is C64H114O6. The van der Waals surface area contributed by atoms with Crippen molar-refractivity contribution in [3.05, 3.63) is 60.8 Å². The van der Waals surface area contributed by atoms with Gasteiger partial charge >= 0.3 is 17.9 Å². The standard InChI is InChI=1S/C64H114O6/c1-4-7-10-13-16-19-22-25-28-30-31-32-33-34-37-39-42-45-48-51-54-57-63(66)69-60-61(59-68-62(65)56-53-50-47-44-41-38-35-27-24-21-18-15-12-9-6-3)70-64(67)58-55-52-49-46-43-40-36-29-26-23-20-17-14-11-8-5-2/h22,25,27,29-31,33-36,61H,4-21,23-24,26,28,32,37-60H2,1-3H3/b25-22-,31-30-,34-33-,35-27-,36-29-. The van der Waals surface area contributed by atoms with Crippen LogP contribution < -0.4 is 0 Å². The first-order valence-electron chi connectivity index (χ1n) is 30.3. The van der Waals surface area contributed by atoms with E-state index in [1.165, 1.54) is 173 Å². The van der Waals surface area contributed by atoms with Crippen LogP contribution in [-0.4, -0.2) is 37.2 Å². The molecule has 0 heterocycles. The van der Waals surface area contributed by atoms with Crippen molar-refractivity contribution in [3.8, 4) is 0 Å². The van der Waals surface area contributed by atoms with Crippen LogP contribution in [0, 0.1) is 0 Å². The Morgan fingerprint density at radius 2 is 0.514 bits per heavy atom. The summed E-state index contributed by atoms with van der Waals surface area (Å²) < 4.78 is 16.9. The first-order valence-corrected chi connectivity index (χ1v) is 30.3. The molecule has 0 aromatic carbocycles. The zero-order chi connectivity index (χ0) is 50.7. The second-order valence-corrected chi connectivity index (χ2v) is 20.2. The van der Waals surface area contributed by atoms with Crippen LogP contribution in [0.4, 0.5) is 0 Å². The van der Waals surface area contributed by atoms with Crippen molar-refractivity contribution in [2.45, 2.75) is 316 Å². The van der Waals surface area contributed by atoms with Crippen LogP contribution in [0.1, 0.15) is 310 Å². The smallest absolute Gasteiger partial charge is 0.306 e. The molecule has 0 spiro atoms. The fourth-order valence-corrected chi connectivity index (χ4v) is 8.62. The molecule has 0 saturated carbocycles. The Hall–Kier alpha value is -2.89. The number of rotatable bonds is 55. The van der Waals surface area contributed by atoms with Gasteiger partial charge in [0.05, 0.1) is 0 Å². The molecule has 6 heteroatoms. The molecule has 0 amide bonds. The summed E-state index contributed by atoms with van der Waals surface area (Å²) >= 11 is 0. The Kier molecular flexibility index (Phi) is 56.3. The zero-order valence-corrected chi connectivity index (χ0v) is 46.5. The van der Waals surface area contributed by atoms with Crippen molar-refractivity contribution in [3.63, 3.8) is 0 Å². The second-order valence-electron chi connectivity index (χ2n) is 20.2. The summed E-state index contributed by atoms with van der Waals surface area (Å²) in [6, 6.07) is 0. The third-order valence-corrected chi connectivity index (χ3v) is 13.2. The van der Waals surface area contributed by atoms with E-state index in [-0.39, 0.29) is 31.1 Å². The molecule has 0 aliphatic carbocycles. The summed E-state index contributed by atoms with van der Waals surface area (Å²) in [5.74, 6) is -0.901. The normalized spacial score (nSPS) is 12.4. The number of ether oxygens (including phenoxy) is 3. The van der Waals surface area contributed by atoms with E-state index in [1.54, 1.807) is 0 Å². The summed E-state index contributed by atoms with van der Waals surface area (Å²) in [6.07, 6.45) is 73.5. The highest BCUT2D eigenvalue weighted by atomic mass is 16.6. The molecule has 1 atom stereocenters. The van der Waals surface area contributed by atoms with Crippen LogP contribution in [0.15, 0.2) is 60.8 Å². The predicted molar refractivity (Wildman–Crippen MR) is 302 cm³/mol. The molecule has 0 saturated heterocycles. The molecular weight excluding hydrogens is 865 g/mol. The molecule has 70 heavy (non-hydrogen) atoms. The third kappa shape index (κ3) is 56.0. The van der Waals surface area contributed by atoms with Gasteiger partial charge in [-0.2, -0.15) is 0 Å². The highest BCUT2D eigenvalue weighted by Gasteiger charge is 2.19. The van der Waals surface area contributed by atoms with Gasteiger partial charge < -0.3 is 14.2 Å². The molecule has 406 valence electrons. The van der Waals surface area contributed by atoms with E-state index in [2.05, 4.69) is 81.5 Å². The number of esters is 3. The van der Waals surface area contributed by atoms with E-state index in [9.17, 15) is 14.4 Å². The van der Waals surface area contributed by atoms with Crippen LogP contribution in [0.2, 0.25) is 0 Å². The van der Waals surface area contributed by atoms with Gasteiger partial charge in [-0.05, 0) is 109 Å². The molecule has 0 aliphatic rings. The lowest BCUT2D eigenvalue weighted by molar-refractivity contribution is -0.167. The molecule has 0 aromatic heterocycles. The molecule has 0 aliphatic heterocycles. The van der Waals surface area contributed by atoms with Crippen molar-refractivity contribution in [1.82, 2.24) is 0 Å². The van der Waals surface area contributed by atoms with Crippen LogP contribution in [0.25, 0.3) is 0 Å². The SMILES string of the molecule is CCCCCCC/C=C\C/C=C\C/C=C\CCCCCCCCC(=O)OCC(COC(=O)CCCCCCC/C=C\CCCCCCCC)OC(=O)CCCCCCC/C=C\CCCCCCCCC. The molecule has 0 N–H and O–H groups in total. The topological polar surface area (TPSA) is 78.9 Å². The summed E-state index contributed by atoms with van der Waals surface area (Å²) in [7, 11) is 0. The number of allylic oxidation sites excluding steroid dienone is 10. The Morgan fingerprint density at radius 1 is 0.286 bits per heavy atom. The van der Waals surface area contributed by atoms with Gasteiger partial charge in [-0.15, -0.1) is 0 Å². The minimum absolute atomic E-state index is 0.0851. The number of hydrogen-bond donors (Lipinski definition) is 0. The largest absolute Gasteiger partial charge is 0.462 e. The van der Waals surface area contributed by atoms with Crippen molar-refractivity contribution in [2.24, 2.45) is 0 Å². The van der Waals surface area contributed by atoms with Crippen molar-refractivity contribution in [1.29, 1.82) is 0 Å². The zero-order valence-electron chi connectivity index (χ0n) is 46.5. The first kappa shape index (κ1) is 67.1. The predicted octanol–water partition coefficient (Wildman–Crippen LogP) is 20.4. The maximum absolute atomic E-state index is 12.9. The van der Waals surface area contributed by atoms with E-state index < -0.39 is 6.10 Å². The molecule has 0 bridgehead atoms. The van der Waals surface area contributed by atoms with Crippen LogP contribution in [0.3, 0.4) is 0 Å². The quantitative estimate of drug-likeness (QED) is 0.0261. The van der Waals surface area contributed by atoms with Gasteiger partial charge in [0.2, 0.25) is 0 Å². The summed E-state index contributed by atoms with van der Waals surface area (Å²) in [5, 5.41) is 0. The van der Waals surface area contributed by atoms with Gasteiger partial charge in [0.25, 0.3) is 0 Å².